The minimum Gasteiger partial charge on any atom is -0.493 e. The van der Waals surface area contributed by atoms with Crippen LogP contribution in [0.25, 0.3) is 6.08 Å². The van der Waals surface area contributed by atoms with Gasteiger partial charge in [0.25, 0.3) is 5.91 Å². The maximum absolute atomic E-state index is 13.2. The summed E-state index contributed by atoms with van der Waals surface area (Å²) in [6, 6.07) is 7.03. The van der Waals surface area contributed by atoms with Crippen molar-refractivity contribution < 1.29 is 23.8 Å². The molecule has 1 aliphatic rings. The normalized spacial score (nSPS) is 14.9. The SMILES string of the molecule is COc1cc(/C=C/C(=O)OC(C)C(=O)N(c2nccs2)C2CCCCC2)ccc1OCC#N. The van der Waals surface area contributed by atoms with Crippen LogP contribution in [0, 0.1) is 11.3 Å². The molecule has 1 aromatic carbocycles. The van der Waals surface area contributed by atoms with Crippen LogP contribution in [0.2, 0.25) is 0 Å². The van der Waals surface area contributed by atoms with Crippen molar-refractivity contribution in [2.24, 2.45) is 0 Å². The van der Waals surface area contributed by atoms with Gasteiger partial charge in [-0.05, 0) is 43.5 Å². The Morgan fingerprint density at radius 1 is 1.30 bits per heavy atom. The van der Waals surface area contributed by atoms with Gasteiger partial charge in [-0.15, -0.1) is 11.3 Å². The van der Waals surface area contributed by atoms with Crippen molar-refractivity contribution in [2.75, 3.05) is 18.6 Å². The van der Waals surface area contributed by atoms with E-state index in [1.165, 1.54) is 30.9 Å². The minimum atomic E-state index is -0.940. The number of methoxy groups -OCH3 is 1. The fraction of sp³-hybridized carbons (Fsp3) is 0.417. The number of ether oxygens (including phenoxy) is 3. The third-order valence-corrected chi connectivity index (χ3v) is 6.11. The van der Waals surface area contributed by atoms with Gasteiger partial charge in [-0.1, -0.05) is 25.3 Å². The highest BCUT2D eigenvalue weighted by Crippen LogP contribution is 2.30. The molecule has 1 heterocycles. The molecule has 0 bridgehead atoms. The summed E-state index contributed by atoms with van der Waals surface area (Å²) in [6.45, 7) is 1.49. The van der Waals surface area contributed by atoms with Crippen LogP contribution in [0.15, 0.2) is 35.9 Å². The molecule has 0 saturated heterocycles. The van der Waals surface area contributed by atoms with Crippen molar-refractivity contribution in [1.82, 2.24) is 4.98 Å². The number of esters is 1. The van der Waals surface area contributed by atoms with Gasteiger partial charge in [-0.2, -0.15) is 5.26 Å². The first-order valence-corrected chi connectivity index (χ1v) is 11.7. The second kappa shape index (κ2) is 12.0. The first kappa shape index (κ1) is 24.3. The van der Waals surface area contributed by atoms with E-state index in [2.05, 4.69) is 4.98 Å². The maximum Gasteiger partial charge on any atom is 0.331 e. The molecule has 1 atom stereocenters. The zero-order chi connectivity index (χ0) is 23.6. The van der Waals surface area contributed by atoms with E-state index in [4.69, 9.17) is 19.5 Å². The van der Waals surface area contributed by atoms with Crippen LogP contribution in [0.1, 0.15) is 44.6 Å². The predicted molar refractivity (Wildman–Crippen MR) is 125 cm³/mol. The first-order valence-electron chi connectivity index (χ1n) is 10.8. The summed E-state index contributed by atoms with van der Waals surface area (Å²) in [5, 5.41) is 11.1. The van der Waals surface area contributed by atoms with Crippen LogP contribution < -0.4 is 14.4 Å². The quantitative estimate of drug-likeness (QED) is 0.397. The van der Waals surface area contributed by atoms with Gasteiger partial charge < -0.3 is 14.2 Å². The molecule has 2 aromatic rings. The molecule has 0 N–H and O–H groups in total. The summed E-state index contributed by atoms with van der Waals surface area (Å²) in [4.78, 5) is 31.6. The summed E-state index contributed by atoms with van der Waals surface area (Å²) >= 11 is 1.41. The highest BCUT2D eigenvalue weighted by atomic mass is 32.1. The summed E-state index contributed by atoms with van der Waals surface area (Å²) in [5.74, 6) is -0.0134. The predicted octanol–water partition coefficient (Wildman–Crippen LogP) is 4.36. The molecule has 8 nitrogen and oxygen atoms in total. The number of amides is 1. The summed E-state index contributed by atoms with van der Waals surface area (Å²) in [6.07, 6.45) is 8.71. The summed E-state index contributed by atoms with van der Waals surface area (Å²) in [5.41, 5.74) is 0.679. The van der Waals surface area contributed by atoms with Gasteiger partial charge in [-0.25, -0.2) is 9.78 Å². The Hall–Kier alpha value is -3.38. The summed E-state index contributed by atoms with van der Waals surface area (Å²) < 4.78 is 16.0. The Morgan fingerprint density at radius 2 is 2.09 bits per heavy atom. The average Bonchev–Trinajstić information content (AvgIpc) is 3.36. The van der Waals surface area contributed by atoms with Crippen LogP contribution >= 0.6 is 11.3 Å². The van der Waals surface area contributed by atoms with E-state index < -0.39 is 12.1 Å². The molecule has 1 unspecified atom stereocenters. The molecule has 9 heteroatoms. The molecular formula is C24H27N3O5S. The van der Waals surface area contributed by atoms with Gasteiger partial charge >= 0.3 is 5.97 Å². The molecule has 0 aliphatic heterocycles. The van der Waals surface area contributed by atoms with Crippen molar-refractivity contribution in [2.45, 2.75) is 51.2 Å². The molecule has 0 radical (unpaired) electrons. The van der Waals surface area contributed by atoms with Gasteiger partial charge in [0, 0.05) is 23.7 Å². The van der Waals surface area contributed by atoms with Gasteiger partial charge in [0.15, 0.2) is 29.3 Å². The van der Waals surface area contributed by atoms with Crippen LogP contribution in [-0.2, 0) is 14.3 Å². The van der Waals surface area contributed by atoms with E-state index in [1.807, 2.05) is 11.4 Å². The maximum atomic E-state index is 13.2. The van der Waals surface area contributed by atoms with Crippen LogP contribution in [-0.4, -0.2) is 42.7 Å². The molecular weight excluding hydrogens is 442 g/mol. The van der Waals surface area contributed by atoms with Crippen molar-refractivity contribution in [3.63, 3.8) is 0 Å². The number of aromatic nitrogens is 1. The van der Waals surface area contributed by atoms with E-state index in [0.29, 0.717) is 22.2 Å². The number of anilines is 1. The fourth-order valence-corrected chi connectivity index (χ4v) is 4.46. The number of carbonyl (C=O) groups excluding carboxylic acids is 2. The van der Waals surface area contributed by atoms with Crippen LogP contribution in [0.3, 0.4) is 0 Å². The molecule has 33 heavy (non-hydrogen) atoms. The van der Waals surface area contributed by atoms with Gasteiger partial charge in [-0.3, -0.25) is 9.69 Å². The number of nitrogens with zero attached hydrogens (tertiary/aromatic N) is 3. The summed E-state index contributed by atoms with van der Waals surface area (Å²) in [7, 11) is 1.49. The lowest BCUT2D eigenvalue weighted by atomic mass is 9.94. The Morgan fingerprint density at radius 3 is 2.76 bits per heavy atom. The molecule has 174 valence electrons. The molecule has 3 rings (SSSR count). The second-order valence-corrected chi connectivity index (χ2v) is 8.46. The van der Waals surface area contributed by atoms with E-state index >= 15 is 0 Å². The number of hydrogen-bond donors (Lipinski definition) is 0. The van der Waals surface area contributed by atoms with E-state index in [0.717, 1.165) is 25.7 Å². The average molecular weight is 470 g/mol. The van der Waals surface area contributed by atoms with E-state index in [-0.39, 0.29) is 18.6 Å². The zero-order valence-corrected chi connectivity index (χ0v) is 19.5. The lowest BCUT2D eigenvalue weighted by Gasteiger charge is -2.33. The number of carbonyl (C=O) groups is 2. The Balaban J connectivity index is 1.64. The Kier molecular flexibility index (Phi) is 8.84. The number of hydrogen-bond acceptors (Lipinski definition) is 8. The number of nitriles is 1. The molecule has 0 spiro atoms. The smallest absolute Gasteiger partial charge is 0.331 e. The lowest BCUT2D eigenvalue weighted by Crippen LogP contribution is -2.47. The third kappa shape index (κ3) is 6.56. The minimum absolute atomic E-state index is 0.0725. The Bertz CT molecular complexity index is 1010. The standard InChI is InChI=1S/C24H27N3O5S/c1-17(23(29)27(24-26-13-15-33-24)19-6-4-3-5-7-19)32-22(28)11-9-18-8-10-20(31-14-12-25)21(16-18)30-2/h8-11,13,15-17,19H,3-7,14H2,1-2H3/b11-9+. The fourth-order valence-electron chi connectivity index (χ4n) is 3.75. The zero-order valence-electron chi connectivity index (χ0n) is 18.7. The molecule has 1 saturated carbocycles. The highest BCUT2D eigenvalue weighted by Gasteiger charge is 2.32. The van der Waals surface area contributed by atoms with Gasteiger partial charge in [0.2, 0.25) is 0 Å². The molecule has 1 aliphatic carbocycles. The number of thiazole rings is 1. The molecule has 1 aromatic heterocycles. The van der Waals surface area contributed by atoms with Crippen molar-refractivity contribution in [1.29, 1.82) is 5.26 Å². The van der Waals surface area contributed by atoms with E-state index in [1.54, 1.807) is 42.3 Å². The van der Waals surface area contributed by atoms with Crippen LogP contribution in [0.5, 0.6) is 11.5 Å². The largest absolute Gasteiger partial charge is 0.493 e. The van der Waals surface area contributed by atoms with Crippen molar-refractivity contribution >= 4 is 34.4 Å². The van der Waals surface area contributed by atoms with Gasteiger partial charge in [0.05, 0.1) is 7.11 Å². The van der Waals surface area contributed by atoms with Gasteiger partial charge in [0.1, 0.15) is 6.07 Å². The Labute approximate surface area is 197 Å². The van der Waals surface area contributed by atoms with Crippen LogP contribution in [0.4, 0.5) is 5.13 Å². The number of benzene rings is 1. The van der Waals surface area contributed by atoms with E-state index in [9.17, 15) is 9.59 Å². The van der Waals surface area contributed by atoms with Crippen molar-refractivity contribution in [3.05, 3.63) is 41.4 Å². The second-order valence-electron chi connectivity index (χ2n) is 7.58. The monoisotopic (exact) mass is 469 g/mol. The lowest BCUT2D eigenvalue weighted by molar-refractivity contribution is -0.149. The molecule has 1 fully saturated rings. The molecule has 1 amide bonds. The highest BCUT2D eigenvalue weighted by molar-refractivity contribution is 7.13. The topological polar surface area (TPSA) is 102 Å². The third-order valence-electron chi connectivity index (χ3n) is 5.34. The number of rotatable bonds is 9. The first-order chi connectivity index (χ1) is 16.0. The van der Waals surface area contributed by atoms with Crippen molar-refractivity contribution in [3.8, 4) is 17.6 Å².